The molecule has 0 aromatic heterocycles. The van der Waals surface area contributed by atoms with Gasteiger partial charge in [-0.05, 0) is 6.92 Å². The zero-order chi connectivity index (χ0) is 14.8. The zero-order valence-corrected chi connectivity index (χ0v) is 12.4. The summed E-state index contributed by atoms with van der Waals surface area (Å²) < 4.78 is 10.6. The fourth-order valence-corrected chi connectivity index (χ4v) is 2.49. The molecule has 0 N–H and O–H groups in total. The lowest BCUT2D eigenvalue weighted by Crippen LogP contribution is -2.56. The van der Waals surface area contributed by atoms with E-state index in [1.54, 1.807) is 0 Å². The van der Waals surface area contributed by atoms with E-state index in [1.807, 2.05) is 27.7 Å². The predicted molar refractivity (Wildman–Crippen MR) is 71.3 cm³/mol. The summed E-state index contributed by atoms with van der Waals surface area (Å²) in [4.78, 5) is 25.1. The molecule has 0 aromatic carbocycles. The monoisotopic (exact) mass is 269 g/mol. The van der Waals surface area contributed by atoms with Crippen molar-refractivity contribution in [2.24, 2.45) is 5.41 Å². The van der Waals surface area contributed by atoms with Crippen molar-refractivity contribution >= 4 is 12.4 Å². The van der Waals surface area contributed by atoms with Gasteiger partial charge in [-0.2, -0.15) is 0 Å². The van der Waals surface area contributed by atoms with Crippen molar-refractivity contribution in [2.75, 3.05) is 13.7 Å². The lowest BCUT2D eigenvalue weighted by molar-refractivity contribution is -0.158. The van der Waals surface area contributed by atoms with Crippen LogP contribution in [0.5, 0.6) is 0 Å². The molecule has 1 aliphatic rings. The fraction of sp³-hybridized carbons (Fsp3) is 0.714. The van der Waals surface area contributed by atoms with E-state index < -0.39 is 17.7 Å². The van der Waals surface area contributed by atoms with Gasteiger partial charge in [-0.3, -0.25) is 9.69 Å². The van der Waals surface area contributed by atoms with Crippen molar-refractivity contribution in [3.05, 3.63) is 12.2 Å². The molecule has 1 fully saturated rings. The Kier molecular flexibility index (Phi) is 4.40. The van der Waals surface area contributed by atoms with Gasteiger partial charge in [0.15, 0.2) is 5.54 Å². The first kappa shape index (κ1) is 15.7. The highest BCUT2D eigenvalue weighted by molar-refractivity contribution is 5.84. The van der Waals surface area contributed by atoms with Crippen molar-refractivity contribution in [3.63, 3.8) is 0 Å². The van der Waals surface area contributed by atoms with Crippen molar-refractivity contribution in [1.29, 1.82) is 0 Å². The van der Waals surface area contributed by atoms with Crippen LogP contribution >= 0.6 is 0 Å². The Bertz CT molecular complexity index is 385. The molecule has 0 spiro atoms. The van der Waals surface area contributed by atoms with Gasteiger partial charge in [-0.15, -0.1) is 6.58 Å². The summed E-state index contributed by atoms with van der Waals surface area (Å²) in [5, 5.41) is 0. The van der Waals surface area contributed by atoms with Crippen molar-refractivity contribution in [1.82, 2.24) is 4.90 Å². The van der Waals surface area contributed by atoms with Crippen LogP contribution in [0, 0.1) is 5.41 Å². The maximum atomic E-state index is 12.2. The van der Waals surface area contributed by atoms with Gasteiger partial charge in [0.05, 0.1) is 13.7 Å². The van der Waals surface area contributed by atoms with Crippen molar-refractivity contribution in [2.45, 2.75) is 45.9 Å². The SMILES string of the molecule is C=C(C)CC1(C(=O)OC)COC(C(C)(C)C)N1C=O. The Morgan fingerprint density at radius 3 is 2.53 bits per heavy atom. The number of methoxy groups -OCH3 is 1. The second-order valence-corrected chi connectivity index (χ2v) is 6.20. The third-order valence-corrected chi connectivity index (χ3v) is 3.24. The first-order valence-corrected chi connectivity index (χ1v) is 6.27. The number of ether oxygens (including phenoxy) is 2. The molecule has 1 aliphatic heterocycles. The highest BCUT2D eigenvalue weighted by Crippen LogP contribution is 2.39. The van der Waals surface area contributed by atoms with Gasteiger partial charge in [-0.1, -0.05) is 26.3 Å². The molecule has 5 nitrogen and oxygen atoms in total. The number of amides is 1. The highest BCUT2D eigenvalue weighted by Gasteiger charge is 2.56. The van der Waals surface area contributed by atoms with Gasteiger partial charge in [0.25, 0.3) is 0 Å². The Morgan fingerprint density at radius 1 is 1.58 bits per heavy atom. The quantitative estimate of drug-likeness (QED) is 0.443. The summed E-state index contributed by atoms with van der Waals surface area (Å²) in [6.45, 7) is 11.7. The number of nitrogens with zero attached hydrogens (tertiary/aromatic N) is 1. The number of carbonyl (C=O) groups excluding carboxylic acids is 2. The van der Waals surface area contributed by atoms with Crippen molar-refractivity contribution in [3.8, 4) is 0 Å². The van der Waals surface area contributed by atoms with E-state index in [0.717, 1.165) is 5.57 Å². The van der Waals surface area contributed by atoms with Crippen LogP contribution in [0.3, 0.4) is 0 Å². The predicted octanol–water partition coefficient (Wildman–Crippen LogP) is 1.73. The largest absolute Gasteiger partial charge is 0.467 e. The summed E-state index contributed by atoms with van der Waals surface area (Å²) in [5.41, 5.74) is -0.582. The summed E-state index contributed by atoms with van der Waals surface area (Å²) in [7, 11) is 1.32. The van der Waals surface area contributed by atoms with Gasteiger partial charge < -0.3 is 9.47 Å². The van der Waals surface area contributed by atoms with Gasteiger partial charge in [0, 0.05) is 11.8 Å². The molecule has 2 unspecified atom stereocenters. The molecule has 1 saturated heterocycles. The van der Waals surface area contributed by atoms with E-state index in [0.29, 0.717) is 12.8 Å². The molecular formula is C14H23NO4. The van der Waals surface area contributed by atoms with Crippen LogP contribution in [0.2, 0.25) is 0 Å². The van der Waals surface area contributed by atoms with Crippen LogP contribution in [-0.2, 0) is 19.1 Å². The van der Waals surface area contributed by atoms with Crippen LogP contribution in [-0.4, -0.2) is 42.8 Å². The third kappa shape index (κ3) is 2.81. The van der Waals surface area contributed by atoms with Gasteiger partial charge >= 0.3 is 5.97 Å². The van der Waals surface area contributed by atoms with Crippen LogP contribution in [0.15, 0.2) is 12.2 Å². The average Bonchev–Trinajstić information content (AvgIpc) is 2.66. The molecule has 1 rings (SSSR count). The summed E-state index contributed by atoms with van der Waals surface area (Å²) in [6, 6.07) is 0. The molecule has 2 atom stereocenters. The number of esters is 1. The smallest absolute Gasteiger partial charge is 0.334 e. The topological polar surface area (TPSA) is 55.8 Å². The molecule has 0 aromatic rings. The minimum absolute atomic E-state index is 0.132. The van der Waals surface area contributed by atoms with Crippen LogP contribution in [0.1, 0.15) is 34.1 Å². The van der Waals surface area contributed by atoms with E-state index in [1.165, 1.54) is 12.0 Å². The minimum Gasteiger partial charge on any atom is -0.467 e. The second-order valence-electron chi connectivity index (χ2n) is 6.20. The lowest BCUT2D eigenvalue weighted by Gasteiger charge is -2.38. The number of hydrogen-bond acceptors (Lipinski definition) is 4. The van der Waals surface area contributed by atoms with E-state index in [4.69, 9.17) is 9.47 Å². The normalized spacial score (nSPS) is 27.2. The summed E-state index contributed by atoms with van der Waals surface area (Å²) in [5.74, 6) is -0.464. The molecule has 1 amide bonds. The van der Waals surface area contributed by atoms with Crippen LogP contribution in [0.25, 0.3) is 0 Å². The number of hydrogen-bond donors (Lipinski definition) is 0. The molecule has 1 heterocycles. The average molecular weight is 269 g/mol. The van der Waals surface area contributed by atoms with Crippen LogP contribution in [0.4, 0.5) is 0 Å². The highest BCUT2D eigenvalue weighted by atomic mass is 16.5. The Labute approximate surface area is 114 Å². The number of carbonyl (C=O) groups is 2. The molecule has 0 bridgehead atoms. The first-order valence-electron chi connectivity index (χ1n) is 6.27. The fourth-order valence-electron chi connectivity index (χ4n) is 2.49. The lowest BCUT2D eigenvalue weighted by atomic mass is 9.88. The standard InChI is InChI=1S/C14H23NO4/c1-10(2)7-14(12(17)18-6)8-19-11(13(3,4)5)15(14)9-16/h9,11H,1,7-8H2,2-6H3. The maximum absolute atomic E-state index is 12.2. The van der Waals surface area contributed by atoms with Gasteiger partial charge in [-0.25, -0.2) is 4.79 Å². The molecule has 0 saturated carbocycles. The Balaban J connectivity index is 3.21. The van der Waals surface area contributed by atoms with Crippen LogP contribution < -0.4 is 0 Å². The van der Waals surface area contributed by atoms with E-state index in [2.05, 4.69) is 6.58 Å². The summed E-state index contributed by atoms with van der Waals surface area (Å²) >= 11 is 0. The maximum Gasteiger partial charge on any atom is 0.334 e. The van der Waals surface area contributed by atoms with Crippen molar-refractivity contribution < 1.29 is 19.1 Å². The minimum atomic E-state index is -1.10. The molecular weight excluding hydrogens is 246 g/mol. The summed E-state index contributed by atoms with van der Waals surface area (Å²) in [6.07, 6.45) is 0.553. The van der Waals surface area contributed by atoms with E-state index >= 15 is 0 Å². The van der Waals surface area contributed by atoms with Gasteiger partial charge in [0.1, 0.15) is 6.23 Å². The number of rotatable bonds is 4. The molecule has 108 valence electrons. The third-order valence-electron chi connectivity index (χ3n) is 3.24. The molecule has 0 radical (unpaired) electrons. The second kappa shape index (κ2) is 5.33. The van der Waals surface area contributed by atoms with Gasteiger partial charge in [0.2, 0.25) is 6.41 Å². The zero-order valence-electron chi connectivity index (χ0n) is 12.4. The Hall–Kier alpha value is -1.36. The Morgan fingerprint density at radius 2 is 2.16 bits per heavy atom. The molecule has 0 aliphatic carbocycles. The molecule has 19 heavy (non-hydrogen) atoms. The first-order chi connectivity index (χ1) is 8.69. The van der Waals surface area contributed by atoms with E-state index in [-0.39, 0.29) is 12.0 Å². The molecule has 5 heteroatoms. The van der Waals surface area contributed by atoms with E-state index in [9.17, 15) is 9.59 Å².